The highest BCUT2D eigenvalue weighted by Gasteiger charge is 2.14. The van der Waals surface area contributed by atoms with Crippen LogP contribution in [0.3, 0.4) is 0 Å². The third-order valence-corrected chi connectivity index (χ3v) is 6.77. The van der Waals surface area contributed by atoms with Gasteiger partial charge < -0.3 is 0 Å². The molecule has 0 saturated heterocycles. The minimum atomic E-state index is -0.318. The Bertz CT molecular complexity index is 649. The predicted molar refractivity (Wildman–Crippen MR) is 95.6 cm³/mol. The molecule has 8 heteroatoms. The zero-order valence-corrected chi connectivity index (χ0v) is 15.2. The maximum Gasteiger partial charge on any atom is 0.293 e. The fourth-order valence-electron chi connectivity index (χ4n) is 1.79. The highest BCUT2D eigenvalue weighted by molar-refractivity contribution is 8.01. The number of thioether (sulfide) groups is 2. The van der Waals surface area contributed by atoms with Crippen LogP contribution >= 0.6 is 46.5 Å². The van der Waals surface area contributed by atoms with Crippen LogP contribution in [-0.4, -0.2) is 21.4 Å². The zero-order chi connectivity index (χ0) is 15.9. The van der Waals surface area contributed by atoms with Gasteiger partial charge in [0.15, 0.2) is 0 Å². The topological polar surface area (TPSA) is 56.0 Å². The van der Waals surface area contributed by atoms with Crippen molar-refractivity contribution in [1.82, 2.24) is 4.98 Å². The van der Waals surface area contributed by atoms with Crippen LogP contribution < -0.4 is 0 Å². The van der Waals surface area contributed by atoms with Gasteiger partial charge in [-0.05, 0) is 41.9 Å². The lowest BCUT2D eigenvalue weighted by atomic mass is 10.2. The molecule has 2 aromatic rings. The smallest absolute Gasteiger partial charge is 0.260 e. The maximum atomic E-state index is 10.8. The van der Waals surface area contributed by atoms with E-state index in [0.717, 1.165) is 33.4 Å². The van der Waals surface area contributed by atoms with Gasteiger partial charge in [0, 0.05) is 17.2 Å². The number of nitro groups is 1. The molecule has 0 aliphatic carbocycles. The van der Waals surface area contributed by atoms with Gasteiger partial charge in [-0.15, -0.1) is 46.5 Å². The lowest BCUT2D eigenvalue weighted by Crippen LogP contribution is -1.93. The Hall–Kier alpha value is -0.760. The van der Waals surface area contributed by atoms with Crippen molar-refractivity contribution in [2.45, 2.75) is 28.3 Å². The predicted octanol–water partition coefficient (Wildman–Crippen LogP) is 5.37. The first-order valence-corrected chi connectivity index (χ1v) is 10.00. The van der Waals surface area contributed by atoms with Gasteiger partial charge in [0.1, 0.15) is 4.21 Å². The number of hydrogen-bond acceptors (Lipinski definition) is 6. The van der Waals surface area contributed by atoms with E-state index in [0.29, 0.717) is 5.88 Å². The van der Waals surface area contributed by atoms with Gasteiger partial charge in [-0.2, -0.15) is 0 Å². The molecule has 2 heterocycles. The minimum absolute atomic E-state index is 0.222. The third kappa shape index (κ3) is 4.62. The van der Waals surface area contributed by atoms with Crippen LogP contribution in [0.4, 0.5) is 5.69 Å². The molecule has 0 N–H and O–H groups in total. The molecule has 0 aliphatic rings. The Balaban J connectivity index is 1.78. The van der Waals surface area contributed by atoms with Crippen molar-refractivity contribution in [3.05, 3.63) is 45.1 Å². The van der Waals surface area contributed by atoms with E-state index < -0.39 is 0 Å². The number of pyridine rings is 1. The normalized spacial score (nSPS) is 10.8. The molecule has 0 amide bonds. The van der Waals surface area contributed by atoms with E-state index in [-0.39, 0.29) is 10.6 Å². The molecule has 0 aliphatic heterocycles. The Morgan fingerprint density at radius 1 is 1.36 bits per heavy atom. The molecule has 22 heavy (non-hydrogen) atoms. The quantitative estimate of drug-likeness (QED) is 0.204. The van der Waals surface area contributed by atoms with Crippen LogP contribution in [0.25, 0.3) is 0 Å². The summed E-state index contributed by atoms with van der Waals surface area (Å²) in [5.41, 5.74) is 2.29. The van der Waals surface area contributed by atoms with Gasteiger partial charge >= 0.3 is 0 Å². The summed E-state index contributed by atoms with van der Waals surface area (Å²) < 4.78 is 0.791. The van der Waals surface area contributed by atoms with Crippen molar-refractivity contribution >= 4 is 52.1 Å². The number of nitrogens with zero attached hydrogens (tertiary/aromatic N) is 2. The van der Waals surface area contributed by atoms with E-state index in [1.54, 1.807) is 41.2 Å². The van der Waals surface area contributed by atoms with E-state index in [1.165, 1.54) is 16.2 Å². The molecule has 118 valence electrons. The molecule has 0 aromatic carbocycles. The van der Waals surface area contributed by atoms with E-state index in [4.69, 9.17) is 11.6 Å². The maximum absolute atomic E-state index is 10.8. The van der Waals surface area contributed by atoms with Gasteiger partial charge in [0.2, 0.25) is 0 Å². The third-order valence-electron chi connectivity index (χ3n) is 2.97. The van der Waals surface area contributed by atoms with E-state index in [2.05, 4.69) is 4.98 Å². The molecule has 0 bridgehead atoms. The molecule has 0 spiro atoms. The van der Waals surface area contributed by atoms with Crippen LogP contribution in [0.5, 0.6) is 0 Å². The summed E-state index contributed by atoms with van der Waals surface area (Å²) in [6.07, 6.45) is 2.78. The van der Waals surface area contributed by atoms with Gasteiger partial charge in [-0.25, -0.2) is 0 Å². The van der Waals surface area contributed by atoms with Crippen molar-refractivity contribution in [1.29, 1.82) is 0 Å². The number of halogens is 1. The number of alkyl halides is 1. The Morgan fingerprint density at radius 2 is 2.14 bits per heavy atom. The van der Waals surface area contributed by atoms with Gasteiger partial charge in [-0.1, -0.05) is 0 Å². The van der Waals surface area contributed by atoms with E-state index >= 15 is 0 Å². The molecule has 2 rings (SSSR count). The van der Waals surface area contributed by atoms with Crippen molar-refractivity contribution in [2.24, 2.45) is 0 Å². The highest BCUT2D eigenvalue weighted by atomic mass is 35.5. The second-order valence-electron chi connectivity index (χ2n) is 4.42. The Labute approximate surface area is 146 Å². The minimum Gasteiger partial charge on any atom is -0.260 e. The monoisotopic (exact) mass is 374 g/mol. The largest absolute Gasteiger partial charge is 0.293 e. The molecule has 2 aromatic heterocycles. The van der Waals surface area contributed by atoms with Gasteiger partial charge in [-0.3, -0.25) is 15.1 Å². The molecular formula is C14H15ClN2O2S3. The molecule has 0 saturated carbocycles. The summed E-state index contributed by atoms with van der Waals surface area (Å²) in [6, 6.07) is 3.57. The van der Waals surface area contributed by atoms with Crippen LogP contribution in [0.15, 0.2) is 32.8 Å². The van der Waals surface area contributed by atoms with Crippen LogP contribution in [0.1, 0.15) is 17.7 Å². The summed E-state index contributed by atoms with van der Waals surface area (Å²) >= 11 is 10.6. The van der Waals surface area contributed by atoms with Crippen molar-refractivity contribution < 1.29 is 4.92 Å². The highest BCUT2D eigenvalue weighted by Crippen LogP contribution is 2.35. The second kappa shape index (κ2) is 8.76. The molecule has 0 fully saturated rings. The first-order valence-electron chi connectivity index (χ1n) is 6.61. The summed E-state index contributed by atoms with van der Waals surface area (Å²) in [7, 11) is 0. The number of thiophene rings is 1. The molecule has 0 radical (unpaired) electrons. The van der Waals surface area contributed by atoms with Crippen molar-refractivity contribution in [2.75, 3.05) is 11.5 Å². The summed E-state index contributed by atoms with van der Waals surface area (Å²) in [4.78, 5) is 16.0. The fourth-order valence-corrected chi connectivity index (χ4v) is 5.28. The lowest BCUT2D eigenvalue weighted by Gasteiger charge is -2.08. The summed E-state index contributed by atoms with van der Waals surface area (Å²) in [6.45, 7) is 2.04. The van der Waals surface area contributed by atoms with Gasteiger partial charge in [0.05, 0.1) is 16.5 Å². The van der Waals surface area contributed by atoms with Crippen LogP contribution in [-0.2, 0) is 5.88 Å². The summed E-state index contributed by atoms with van der Waals surface area (Å²) in [5.74, 6) is 2.28. The SMILES string of the molecule is Cc1c(SCCCSc2sccc2[N+](=O)[O-])ccnc1CCl. The first kappa shape index (κ1) is 17.6. The van der Waals surface area contributed by atoms with Crippen molar-refractivity contribution in [3.63, 3.8) is 0 Å². The standard InChI is InChI=1S/C14H15ClN2O2S3/c1-10-11(9-15)16-5-3-13(10)20-6-2-7-21-14-12(17(18)19)4-8-22-14/h3-5,8H,2,6-7,9H2,1H3. The molecule has 0 unspecified atom stereocenters. The molecule has 4 nitrogen and oxygen atoms in total. The lowest BCUT2D eigenvalue weighted by molar-refractivity contribution is -0.387. The Morgan fingerprint density at radius 3 is 2.86 bits per heavy atom. The first-order chi connectivity index (χ1) is 10.6. The molecule has 0 atom stereocenters. The van der Waals surface area contributed by atoms with Crippen LogP contribution in [0, 0.1) is 17.0 Å². The average Bonchev–Trinajstić information content (AvgIpc) is 2.97. The van der Waals surface area contributed by atoms with Crippen molar-refractivity contribution in [3.8, 4) is 0 Å². The molecular weight excluding hydrogens is 360 g/mol. The fraction of sp³-hybridized carbons (Fsp3) is 0.357. The summed E-state index contributed by atoms with van der Waals surface area (Å²) in [5, 5.41) is 12.6. The Kier molecular flexibility index (Phi) is 7.01. The van der Waals surface area contributed by atoms with Crippen LogP contribution in [0.2, 0.25) is 0 Å². The number of aromatic nitrogens is 1. The second-order valence-corrected chi connectivity index (χ2v) is 8.10. The zero-order valence-electron chi connectivity index (χ0n) is 12.0. The number of hydrogen-bond donors (Lipinski definition) is 0. The average molecular weight is 375 g/mol. The van der Waals surface area contributed by atoms with E-state index in [9.17, 15) is 10.1 Å². The van der Waals surface area contributed by atoms with E-state index in [1.807, 2.05) is 13.0 Å². The van der Waals surface area contributed by atoms with Gasteiger partial charge in [0.25, 0.3) is 5.69 Å². The number of rotatable bonds is 8.